The van der Waals surface area contributed by atoms with Crippen molar-refractivity contribution in [2.24, 2.45) is 7.05 Å². The first-order valence-corrected chi connectivity index (χ1v) is 8.14. The maximum absolute atomic E-state index is 13.6. The summed E-state index contributed by atoms with van der Waals surface area (Å²) in [6.45, 7) is 0. The van der Waals surface area contributed by atoms with Crippen molar-refractivity contribution in [3.8, 4) is 11.1 Å². The number of anilines is 1. The molecule has 0 aliphatic rings. The number of aromatic nitrogens is 2. The Kier molecular flexibility index (Phi) is 5.37. The molecular weight excluding hydrogens is 405 g/mol. The third kappa shape index (κ3) is 3.57. The standard InChI is InChI=1S/C18H11ClF5N3O/c1-27-16(19)13(15(26-27)17(23)24)18(28)25-12-5-3-2-4-9(12)8-6-10(20)14(22)11(21)7-8/h2-7,17H,1H3,(H,25,28). The van der Waals surface area contributed by atoms with E-state index in [9.17, 15) is 26.7 Å². The smallest absolute Gasteiger partial charge is 0.283 e. The van der Waals surface area contributed by atoms with Crippen molar-refractivity contribution in [2.75, 3.05) is 5.32 Å². The average Bonchev–Trinajstić information content (AvgIpc) is 2.95. The van der Waals surface area contributed by atoms with E-state index in [2.05, 4.69) is 10.4 Å². The van der Waals surface area contributed by atoms with Crippen LogP contribution >= 0.6 is 11.6 Å². The summed E-state index contributed by atoms with van der Waals surface area (Å²) in [6, 6.07) is 7.34. The van der Waals surface area contributed by atoms with E-state index in [4.69, 9.17) is 11.6 Å². The number of nitrogens with zero attached hydrogens (tertiary/aromatic N) is 2. The Balaban J connectivity index is 2.03. The monoisotopic (exact) mass is 415 g/mol. The number of nitrogens with one attached hydrogen (secondary N) is 1. The van der Waals surface area contributed by atoms with Gasteiger partial charge in [-0.15, -0.1) is 0 Å². The molecule has 0 spiro atoms. The summed E-state index contributed by atoms with van der Waals surface area (Å²) in [4.78, 5) is 12.6. The van der Waals surface area contributed by atoms with Crippen LogP contribution in [0.1, 0.15) is 22.5 Å². The molecule has 0 radical (unpaired) electrons. The van der Waals surface area contributed by atoms with Crippen molar-refractivity contribution in [3.63, 3.8) is 0 Å². The van der Waals surface area contributed by atoms with Crippen LogP contribution in [0.2, 0.25) is 5.15 Å². The first kappa shape index (κ1) is 19.8. The Labute approximate surface area is 160 Å². The number of carbonyl (C=O) groups is 1. The number of para-hydroxylation sites is 1. The summed E-state index contributed by atoms with van der Waals surface area (Å²) in [5.41, 5.74) is -1.18. The van der Waals surface area contributed by atoms with Gasteiger partial charge in [-0.3, -0.25) is 9.48 Å². The zero-order chi connectivity index (χ0) is 20.6. The fourth-order valence-corrected chi connectivity index (χ4v) is 2.85. The molecule has 28 heavy (non-hydrogen) atoms. The molecule has 0 aliphatic carbocycles. The SMILES string of the molecule is Cn1nc(C(F)F)c(C(=O)Nc2ccccc2-c2cc(F)c(F)c(F)c2)c1Cl. The molecular formula is C18H11ClF5N3O. The lowest BCUT2D eigenvalue weighted by Gasteiger charge is -2.12. The Bertz CT molecular complexity index is 1040. The highest BCUT2D eigenvalue weighted by Crippen LogP contribution is 2.32. The van der Waals surface area contributed by atoms with Gasteiger partial charge in [0.1, 0.15) is 16.4 Å². The van der Waals surface area contributed by atoms with Crippen LogP contribution in [-0.2, 0) is 7.05 Å². The second kappa shape index (κ2) is 7.59. The largest absolute Gasteiger partial charge is 0.321 e. The van der Waals surface area contributed by atoms with E-state index >= 15 is 0 Å². The van der Waals surface area contributed by atoms with Gasteiger partial charge >= 0.3 is 0 Å². The number of amides is 1. The first-order chi connectivity index (χ1) is 13.2. The van der Waals surface area contributed by atoms with Gasteiger partial charge in [0.25, 0.3) is 12.3 Å². The van der Waals surface area contributed by atoms with Crippen molar-refractivity contribution in [1.29, 1.82) is 0 Å². The lowest BCUT2D eigenvalue weighted by molar-refractivity contribution is 0.101. The molecule has 1 amide bonds. The number of hydrogen-bond donors (Lipinski definition) is 1. The number of hydrogen-bond acceptors (Lipinski definition) is 2. The molecule has 2 aromatic carbocycles. The molecule has 3 rings (SSSR count). The number of aryl methyl sites for hydroxylation is 1. The van der Waals surface area contributed by atoms with Gasteiger partial charge in [-0.2, -0.15) is 5.10 Å². The van der Waals surface area contributed by atoms with Gasteiger partial charge < -0.3 is 5.32 Å². The van der Waals surface area contributed by atoms with Crippen LogP contribution < -0.4 is 5.32 Å². The average molecular weight is 416 g/mol. The fourth-order valence-electron chi connectivity index (χ4n) is 2.63. The Morgan fingerprint density at radius 1 is 1.14 bits per heavy atom. The topological polar surface area (TPSA) is 46.9 Å². The highest BCUT2D eigenvalue weighted by molar-refractivity contribution is 6.33. The predicted molar refractivity (Wildman–Crippen MR) is 92.9 cm³/mol. The lowest BCUT2D eigenvalue weighted by Crippen LogP contribution is -2.15. The molecule has 0 unspecified atom stereocenters. The van der Waals surface area contributed by atoms with Crippen molar-refractivity contribution in [1.82, 2.24) is 9.78 Å². The van der Waals surface area contributed by atoms with Crippen molar-refractivity contribution < 1.29 is 26.7 Å². The highest BCUT2D eigenvalue weighted by Gasteiger charge is 2.27. The number of alkyl halides is 2. The minimum Gasteiger partial charge on any atom is -0.321 e. The van der Waals surface area contributed by atoms with Gasteiger partial charge in [0.05, 0.1) is 0 Å². The lowest BCUT2D eigenvalue weighted by atomic mass is 10.0. The van der Waals surface area contributed by atoms with Gasteiger partial charge in [-0.1, -0.05) is 29.8 Å². The molecule has 146 valence electrons. The molecule has 3 aromatic rings. The van der Waals surface area contributed by atoms with Crippen LogP contribution in [0.4, 0.5) is 27.6 Å². The third-order valence-electron chi connectivity index (χ3n) is 3.91. The van der Waals surface area contributed by atoms with Crippen molar-refractivity contribution in [3.05, 3.63) is 70.3 Å². The summed E-state index contributed by atoms with van der Waals surface area (Å²) < 4.78 is 67.6. The molecule has 1 aromatic heterocycles. The molecule has 0 saturated heterocycles. The van der Waals surface area contributed by atoms with E-state index in [0.29, 0.717) is 0 Å². The Hall–Kier alpha value is -2.94. The Morgan fingerprint density at radius 2 is 1.75 bits per heavy atom. The molecule has 1 heterocycles. The molecule has 0 saturated carbocycles. The van der Waals surface area contributed by atoms with Gasteiger partial charge in [0.2, 0.25) is 0 Å². The minimum atomic E-state index is -3.05. The number of carbonyl (C=O) groups excluding carboxylic acids is 1. The second-order valence-corrected chi connectivity index (χ2v) is 6.09. The van der Waals surface area contributed by atoms with Crippen LogP contribution in [0, 0.1) is 17.5 Å². The van der Waals surface area contributed by atoms with E-state index in [1.807, 2.05) is 0 Å². The van der Waals surface area contributed by atoms with Crippen LogP contribution in [0.25, 0.3) is 11.1 Å². The fraction of sp³-hybridized carbons (Fsp3) is 0.111. The molecule has 0 bridgehead atoms. The molecule has 0 atom stereocenters. The summed E-state index contributed by atoms with van der Waals surface area (Å²) in [5.74, 6) is -5.43. The Morgan fingerprint density at radius 3 is 2.36 bits per heavy atom. The predicted octanol–water partition coefficient (Wildman–Crippen LogP) is 5.35. The summed E-state index contributed by atoms with van der Waals surface area (Å²) >= 11 is 5.90. The second-order valence-electron chi connectivity index (χ2n) is 5.73. The van der Waals surface area contributed by atoms with Gasteiger partial charge in [0, 0.05) is 18.3 Å². The zero-order valence-corrected chi connectivity index (χ0v) is 14.9. The molecule has 4 nitrogen and oxygen atoms in total. The third-order valence-corrected chi connectivity index (χ3v) is 4.34. The summed E-state index contributed by atoms with van der Waals surface area (Å²) in [6.07, 6.45) is -3.05. The van der Waals surface area contributed by atoms with Crippen LogP contribution in [0.5, 0.6) is 0 Å². The summed E-state index contributed by atoms with van der Waals surface area (Å²) in [5, 5.41) is 5.60. The van der Waals surface area contributed by atoms with Crippen LogP contribution in [0.3, 0.4) is 0 Å². The van der Waals surface area contributed by atoms with Crippen LogP contribution in [-0.4, -0.2) is 15.7 Å². The molecule has 0 fully saturated rings. The van der Waals surface area contributed by atoms with E-state index < -0.39 is 41.0 Å². The quantitative estimate of drug-likeness (QED) is 0.461. The maximum Gasteiger partial charge on any atom is 0.283 e. The van der Waals surface area contributed by atoms with E-state index in [-0.39, 0.29) is 22.0 Å². The minimum absolute atomic E-state index is 0.0537. The number of rotatable bonds is 4. The number of benzene rings is 2. The highest BCUT2D eigenvalue weighted by atomic mass is 35.5. The summed E-state index contributed by atoms with van der Waals surface area (Å²) in [7, 11) is 1.29. The zero-order valence-electron chi connectivity index (χ0n) is 14.1. The van der Waals surface area contributed by atoms with Gasteiger partial charge in [-0.05, 0) is 23.8 Å². The van der Waals surface area contributed by atoms with Crippen LogP contribution in [0.15, 0.2) is 36.4 Å². The van der Waals surface area contributed by atoms with Gasteiger partial charge in [0.15, 0.2) is 17.5 Å². The van der Waals surface area contributed by atoms with E-state index in [0.717, 1.165) is 16.8 Å². The van der Waals surface area contributed by atoms with Gasteiger partial charge in [-0.25, -0.2) is 22.0 Å². The number of halogens is 6. The normalized spacial score (nSPS) is 11.1. The van der Waals surface area contributed by atoms with Crippen molar-refractivity contribution >= 4 is 23.2 Å². The maximum atomic E-state index is 13.6. The molecule has 10 heteroatoms. The molecule has 1 N–H and O–H groups in total. The molecule has 0 aliphatic heterocycles. The van der Waals surface area contributed by atoms with Crippen molar-refractivity contribution in [2.45, 2.75) is 6.43 Å². The first-order valence-electron chi connectivity index (χ1n) is 7.76. The van der Waals surface area contributed by atoms with E-state index in [1.165, 1.54) is 31.3 Å². The van der Waals surface area contributed by atoms with E-state index in [1.54, 1.807) is 0 Å².